The Kier molecular flexibility index (Phi) is 4.40. The first kappa shape index (κ1) is 15.9. The zero-order valence-corrected chi connectivity index (χ0v) is 12.8. The molecule has 0 aliphatic heterocycles. The summed E-state index contributed by atoms with van der Waals surface area (Å²) in [6, 6.07) is -1.17. The molecule has 10 heteroatoms. The van der Waals surface area contributed by atoms with E-state index >= 15 is 0 Å². The maximum atomic E-state index is 12.3. The number of fused-ring (bicyclic) bond motifs is 1. The molecular formula is C12H15N5O4S. The third kappa shape index (κ3) is 3.06. The van der Waals surface area contributed by atoms with Crippen molar-refractivity contribution in [1.82, 2.24) is 19.9 Å². The number of aliphatic carboxylic acids is 1. The summed E-state index contributed by atoms with van der Waals surface area (Å²) < 4.78 is 1.72. The third-order valence-corrected chi connectivity index (χ3v) is 4.27. The molecule has 2 aromatic rings. The van der Waals surface area contributed by atoms with E-state index in [1.165, 1.54) is 0 Å². The molecule has 22 heavy (non-hydrogen) atoms. The largest absolute Gasteiger partial charge is 0.480 e. The molecule has 2 aromatic heterocycles. The average molecular weight is 325 g/mol. The van der Waals surface area contributed by atoms with Crippen molar-refractivity contribution in [2.75, 3.05) is 0 Å². The number of nitrogens with zero attached hydrogens (tertiary/aromatic N) is 3. The van der Waals surface area contributed by atoms with Gasteiger partial charge in [-0.2, -0.15) is 0 Å². The highest BCUT2D eigenvalue weighted by Gasteiger charge is 2.24. The fraction of sp³-hybridized carbons (Fsp3) is 0.417. The summed E-state index contributed by atoms with van der Waals surface area (Å²) >= 11 is 1.12. The zero-order chi connectivity index (χ0) is 16.4. The van der Waals surface area contributed by atoms with Gasteiger partial charge in [-0.3, -0.25) is 14.0 Å². The first-order valence-electron chi connectivity index (χ1n) is 6.44. The Labute approximate surface area is 129 Å². The van der Waals surface area contributed by atoms with Crippen LogP contribution in [0.1, 0.15) is 34.0 Å². The van der Waals surface area contributed by atoms with Crippen molar-refractivity contribution in [3.05, 3.63) is 16.4 Å². The Bertz CT molecular complexity index is 750. The van der Waals surface area contributed by atoms with E-state index < -0.39 is 23.8 Å². The highest BCUT2D eigenvalue weighted by atomic mass is 32.1. The summed E-state index contributed by atoms with van der Waals surface area (Å²) in [4.78, 5) is 35.1. The number of carbonyl (C=O) groups excluding carboxylic acids is 2. The summed E-state index contributed by atoms with van der Waals surface area (Å²) in [5.74, 6) is -1.71. The van der Waals surface area contributed by atoms with Crippen LogP contribution in [0, 0.1) is 13.8 Å². The van der Waals surface area contributed by atoms with Gasteiger partial charge < -0.3 is 16.2 Å². The van der Waals surface area contributed by atoms with Crippen LogP contribution in [0.5, 0.6) is 0 Å². The lowest BCUT2D eigenvalue weighted by molar-refractivity contribution is -0.139. The molecule has 2 heterocycles. The molecule has 0 spiro atoms. The zero-order valence-electron chi connectivity index (χ0n) is 12.0. The lowest BCUT2D eigenvalue weighted by Gasteiger charge is -2.13. The molecule has 0 saturated carbocycles. The Hall–Kier alpha value is -2.49. The van der Waals surface area contributed by atoms with Crippen LogP contribution in [0.15, 0.2) is 0 Å². The number of aryl methyl sites for hydroxylation is 2. The number of nitrogens with one attached hydrogen (secondary N) is 1. The van der Waals surface area contributed by atoms with Gasteiger partial charge in [0.25, 0.3) is 5.91 Å². The number of rotatable bonds is 6. The summed E-state index contributed by atoms with van der Waals surface area (Å²) in [6.07, 6.45) is -0.175. The van der Waals surface area contributed by atoms with Crippen molar-refractivity contribution in [3.63, 3.8) is 0 Å². The van der Waals surface area contributed by atoms with E-state index in [2.05, 4.69) is 15.5 Å². The van der Waals surface area contributed by atoms with Crippen molar-refractivity contribution >= 4 is 34.1 Å². The van der Waals surface area contributed by atoms with Crippen LogP contribution < -0.4 is 11.1 Å². The number of thiazole rings is 1. The normalized spacial score (nSPS) is 12.3. The number of primary amides is 1. The topological polar surface area (TPSA) is 140 Å². The van der Waals surface area contributed by atoms with Gasteiger partial charge >= 0.3 is 5.97 Å². The summed E-state index contributed by atoms with van der Waals surface area (Å²) in [7, 11) is 0. The second-order valence-electron chi connectivity index (χ2n) is 4.75. The number of nitrogens with two attached hydrogens (primary N) is 1. The highest BCUT2D eigenvalue weighted by molar-refractivity contribution is 7.19. The second kappa shape index (κ2) is 6.10. The van der Waals surface area contributed by atoms with Gasteiger partial charge in [0.2, 0.25) is 10.9 Å². The van der Waals surface area contributed by atoms with E-state index in [0.29, 0.717) is 21.4 Å². The van der Waals surface area contributed by atoms with Gasteiger partial charge in [-0.05, 0) is 20.3 Å². The van der Waals surface area contributed by atoms with E-state index in [9.17, 15) is 14.4 Å². The minimum Gasteiger partial charge on any atom is -0.480 e. The maximum absolute atomic E-state index is 12.3. The first-order chi connectivity index (χ1) is 10.3. The molecule has 0 aliphatic carbocycles. The smallest absolute Gasteiger partial charge is 0.326 e. The number of amides is 2. The lowest BCUT2D eigenvalue weighted by atomic mass is 10.1. The highest BCUT2D eigenvalue weighted by Crippen LogP contribution is 2.22. The van der Waals surface area contributed by atoms with Gasteiger partial charge in [0, 0.05) is 12.1 Å². The predicted octanol–water partition coefficient (Wildman–Crippen LogP) is -0.144. The van der Waals surface area contributed by atoms with Crippen LogP contribution in [0.4, 0.5) is 0 Å². The molecule has 1 unspecified atom stereocenters. The SMILES string of the molecule is Cc1nnc2sc(C(=O)NC(CCC(N)=O)C(=O)O)c(C)n12. The molecule has 0 fully saturated rings. The minimum atomic E-state index is -1.22. The monoisotopic (exact) mass is 325 g/mol. The summed E-state index contributed by atoms with van der Waals surface area (Å²) in [5.41, 5.74) is 5.64. The number of hydrogen-bond donors (Lipinski definition) is 3. The van der Waals surface area contributed by atoms with Crippen LogP contribution in [0.2, 0.25) is 0 Å². The summed E-state index contributed by atoms with van der Waals surface area (Å²) in [5, 5.41) is 19.3. The maximum Gasteiger partial charge on any atom is 0.326 e. The Morgan fingerprint density at radius 1 is 1.36 bits per heavy atom. The Morgan fingerprint density at radius 2 is 2.05 bits per heavy atom. The quantitative estimate of drug-likeness (QED) is 0.675. The van der Waals surface area contributed by atoms with Crippen molar-refractivity contribution < 1.29 is 19.5 Å². The Morgan fingerprint density at radius 3 is 2.59 bits per heavy atom. The van der Waals surface area contributed by atoms with E-state index in [1.807, 2.05) is 0 Å². The third-order valence-electron chi connectivity index (χ3n) is 3.14. The molecule has 2 rings (SSSR count). The van der Waals surface area contributed by atoms with Crippen LogP contribution in [0.3, 0.4) is 0 Å². The van der Waals surface area contributed by atoms with Gasteiger partial charge in [-0.15, -0.1) is 10.2 Å². The number of carboxylic acid groups (broad SMARTS) is 1. The van der Waals surface area contributed by atoms with E-state index in [1.54, 1.807) is 18.2 Å². The molecule has 118 valence electrons. The molecule has 0 radical (unpaired) electrons. The van der Waals surface area contributed by atoms with Gasteiger partial charge in [-0.25, -0.2) is 4.79 Å². The van der Waals surface area contributed by atoms with Crippen LogP contribution in [-0.2, 0) is 9.59 Å². The van der Waals surface area contributed by atoms with Crippen LogP contribution >= 0.6 is 11.3 Å². The lowest BCUT2D eigenvalue weighted by Crippen LogP contribution is -2.41. The van der Waals surface area contributed by atoms with E-state index in [-0.39, 0.29) is 12.8 Å². The summed E-state index contributed by atoms with van der Waals surface area (Å²) in [6.45, 7) is 3.49. The van der Waals surface area contributed by atoms with Gasteiger partial charge in [0.1, 0.15) is 16.7 Å². The molecule has 1 atom stereocenters. The fourth-order valence-corrected chi connectivity index (χ4v) is 3.06. The molecule has 9 nitrogen and oxygen atoms in total. The minimum absolute atomic E-state index is 0.0570. The van der Waals surface area contributed by atoms with E-state index in [4.69, 9.17) is 10.8 Å². The number of carbonyl (C=O) groups is 3. The van der Waals surface area contributed by atoms with Crippen LogP contribution in [-0.4, -0.2) is 43.5 Å². The second-order valence-corrected chi connectivity index (χ2v) is 5.73. The fourth-order valence-electron chi connectivity index (χ4n) is 2.04. The van der Waals surface area contributed by atoms with Gasteiger partial charge in [0.15, 0.2) is 0 Å². The van der Waals surface area contributed by atoms with Gasteiger partial charge in [0.05, 0.1) is 0 Å². The average Bonchev–Trinajstić information content (AvgIpc) is 2.95. The number of carboxylic acids is 1. The van der Waals surface area contributed by atoms with Crippen molar-refractivity contribution in [1.29, 1.82) is 0 Å². The molecule has 4 N–H and O–H groups in total. The van der Waals surface area contributed by atoms with E-state index in [0.717, 1.165) is 11.3 Å². The van der Waals surface area contributed by atoms with Crippen molar-refractivity contribution in [2.45, 2.75) is 32.7 Å². The van der Waals surface area contributed by atoms with Crippen molar-refractivity contribution in [2.24, 2.45) is 5.73 Å². The number of aromatic nitrogens is 3. The van der Waals surface area contributed by atoms with Crippen LogP contribution in [0.25, 0.3) is 4.96 Å². The molecule has 2 amide bonds. The molecule has 0 bridgehead atoms. The first-order valence-corrected chi connectivity index (χ1v) is 7.26. The van der Waals surface area contributed by atoms with Crippen molar-refractivity contribution in [3.8, 4) is 0 Å². The predicted molar refractivity (Wildman–Crippen MR) is 77.7 cm³/mol. The molecule has 0 aliphatic rings. The molecule has 0 aromatic carbocycles. The molecule has 0 saturated heterocycles. The number of hydrogen-bond acceptors (Lipinski definition) is 6. The Balaban J connectivity index is 2.19. The van der Waals surface area contributed by atoms with Gasteiger partial charge in [-0.1, -0.05) is 11.3 Å². The standard InChI is InChI=1S/C12H15N5O4S/c1-5-9(22-12-16-15-6(2)17(5)12)10(19)14-7(11(20)21)3-4-8(13)18/h7H,3-4H2,1-2H3,(H2,13,18)(H,14,19)(H,20,21). The molecular weight excluding hydrogens is 310 g/mol.